The Bertz CT molecular complexity index is 248. The maximum absolute atomic E-state index is 12.0. The topological polar surface area (TPSA) is 70.0 Å². The van der Waals surface area contributed by atoms with Crippen LogP contribution in [0.15, 0.2) is 0 Å². The normalized spacial score (nSPS) is 41.1. The van der Waals surface area contributed by atoms with Crippen molar-refractivity contribution in [3.8, 4) is 0 Å². The second-order valence-corrected chi connectivity index (χ2v) is 4.35. The summed E-state index contributed by atoms with van der Waals surface area (Å²) in [6, 6.07) is 0. The number of aliphatic hydroxyl groups excluding tert-OH is 2. The van der Waals surface area contributed by atoms with E-state index in [1.54, 1.807) is 0 Å². The highest BCUT2D eigenvalue weighted by atomic mass is 16.5. The molecule has 2 fully saturated rings. The first-order valence-electron chi connectivity index (χ1n) is 5.36. The molecule has 0 radical (unpaired) electrons. The zero-order chi connectivity index (χ0) is 11.0. The lowest BCUT2D eigenvalue weighted by atomic mass is 10.0. The molecular formula is C10H17NO4. The highest BCUT2D eigenvalue weighted by Gasteiger charge is 2.39. The Hall–Kier alpha value is -0.650. The molecule has 2 rings (SSSR count). The predicted octanol–water partition coefficient (Wildman–Crippen LogP) is -1.02. The third-order valence-corrected chi connectivity index (χ3v) is 3.26. The van der Waals surface area contributed by atoms with Gasteiger partial charge in [0.05, 0.1) is 24.2 Å². The largest absolute Gasteiger partial charge is 0.388 e. The van der Waals surface area contributed by atoms with E-state index in [2.05, 4.69) is 0 Å². The number of hydrogen-bond acceptors (Lipinski definition) is 4. The number of carbonyl (C=O) groups is 1. The number of β-amino-alcohol motifs (C(OH)–C–C–N with tert-alkyl or cyclic N) is 2. The van der Waals surface area contributed by atoms with Crippen LogP contribution in [-0.4, -0.2) is 59.0 Å². The van der Waals surface area contributed by atoms with Crippen molar-refractivity contribution in [3.05, 3.63) is 0 Å². The summed E-state index contributed by atoms with van der Waals surface area (Å²) in [7, 11) is 0. The smallest absolute Gasteiger partial charge is 0.228 e. The Morgan fingerprint density at radius 2 is 1.93 bits per heavy atom. The van der Waals surface area contributed by atoms with Crippen LogP contribution in [-0.2, 0) is 9.53 Å². The van der Waals surface area contributed by atoms with E-state index in [4.69, 9.17) is 4.74 Å². The van der Waals surface area contributed by atoms with E-state index < -0.39 is 12.2 Å². The Balaban J connectivity index is 1.97. The first-order valence-corrected chi connectivity index (χ1v) is 5.36. The molecule has 15 heavy (non-hydrogen) atoms. The van der Waals surface area contributed by atoms with E-state index in [0.29, 0.717) is 6.61 Å². The average Bonchev–Trinajstić information content (AvgIpc) is 2.74. The fourth-order valence-corrected chi connectivity index (χ4v) is 2.24. The summed E-state index contributed by atoms with van der Waals surface area (Å²) in [5, 5.41) is 18.7. The van der Waals surface area contributed by atoms with Gasteiger partial charge in [0.2, 0.25) is 5.91 Å². The molecule has 0 aromatic carbocycles. The SMILES string of the molecule is CC1OCCC1C(=O)N1CC(O)C(O)C1. The van der Waals surface area contributed by atoms with Crippen molar-refractivity contribution < 1.29 is 19.7 Å². The molecule has 5 nitrogen and oxygen atoms in total. The minimum Gasteiger partial charge on any atom is -0.388 e. The maximum Gasteiger partial charge on any atom is 0.228 e. The highest BCUT2D eigenvalue weighted by molar-refractivity contribution is 5.80. The highest BCUT2D eigenvalue weighted by Crippen LogP contribution is 2.24. The van der Waals surface area contributed by atoms with Crippen LogP contribution >= 0.6 is 0 Å². The molecule has 2 aliphatic heterocycles. The van der Waals surface area contributed by atoms with Crippen LogP contribution in [0.2, 0.25) is 0 Å². The molecule has 4 atom stereocenters. The van der Waals surface area contributed by atoms with Crippen LogP contribution in [0.4, 0.5) is 0 Å². The lowest BCUT2D eigenvalue weighted by molar-refractivity contribution is -0.136. The Morgan fingerprint density at radius 3 is 2.40 bits per heavy atom. The summed E-state index contributed by atoms with van der Waals surface area (Å²) in [6.45, 7) is 2.99. The van der Waals surface area contributed by atoms with Gasteiger partial charge in [0.15, 0.2) is 0 Å². The van der Waals surface area contributed by atoms with Crippen molar-refractivity contribution in [1.29, 1.82) is 0 Å². The number of nitrogens with zero attached hydrogens (tertiary/aromatic N) is 1. The van der Waals surface area contributed by atoms with E-state index in [-0.39, 0.29) is 31.0 Å². The third-order valence-electron chi connectivity index (χ3n) is 3.26. The molecule has 5 heteroatoms. The van der Waals surface area contributed by atoms with Crippen molar-refractivity contribution in [3.63, 3.8) is 0 Å². The molecule has 0 aliphatic carbocycles. The van der Waals surface area contributed by atoms with Crippen LogP contribution in [0.1, 0.15) is 13.3 Å². The first kappa shape index (κ1) is 10.9. The number of likely N-dealkylation sites (tertiary alicyclic amines) is 1. The van der Waals surface area contributed by atoms with Crippen molar-refractivity contribution in [2.75, 3.05) is 19.7 Å². The third kappa shape index (κ3) is 2.00. The summed E-state index contributed by atoms with van der Waals surface area (Å²) >= 11 is 0. The fourth-order valence-electron chi connectivity index (χ4n) is 2.24. The van der Waals surface area contributed by atoms with Crippen molar-refractivity contribution >= 4 is 5.91 Å². The Kier molecular flexibility index (Phi) is 2.95. The second kappa shape index (κ2) is 4.08. The van der Waals surface area contributed by atoms with Crippen LogP contribution in [0, 0.1) is 5.92 Å². The molecule has 0 spiro atoms. The van der Waals surface area contributed by atoms with Gasteiger partial charge in [-0.2, -0.15) is 0 Å². The van der Waals surface area contributed by atoms with E-state index >= 15 is 0 Å². The maximum atomic E-state index is 12.0. The Labute approximate surface area is 88.6 Å². The van der Waals surface area contributed by atoms with E-state index in [0.717, 1.165) is 6.42 Å². The molecule has 4 unspecified atom stereocenters. The van der Waals surface area contributed by atoms with Crippen molar-refractivity contribution in [2.45, 2.75) is 31.7 Å². The molecule has 2 heterocycles. The molecular weight excluding hydrogens is 198 g/mol. The summed E-state index contributed by atoms with van der Waals surface area (Å²) < 4.78 is 5.33. The van der Waals surface area contributed by atoms with Gasteiger partial charge in [-0.1, -0.05) is 0 Å². The summed E-state index contributed by atoms with van der Waals surface area (Å²) in [5.41, 5.74) is 0. The molecule has 0 aromatic heterocycles. The molecule has 1 amide bonds. The fraction of sp³-hybridized carbons (Fsp3) is 0.900. The van der Waals surface area contributed by atoms with E-state index in [1.165, 1.54) is 4.90 Å². The number of ether oxygens (including phenoxy) is 1. The first-order chi connectivity index (χ1) is 7.09. The van der Waals surface area contributed by atoms with Gasteiger partial charge >= 0.3 is 0 Å². The number of carbonyl (C=O) groups excluding carboxylic acids is 1. The monoisotopic (exact) mass is 215 g/mol. The zero-order valence-corrected chi connectivity index (χ0v) is 8.80. The number of aliphatic hydroxyl groups is 2. The molecule has 2 aliphatic rings. The quantitative estimate of drug-likeness (QED) is 0.587. The van der Waals surface area contributed by atoms with Crippen molar-refractivity contribution in [2.24, 2.45) is 5.92 Å². The number of rotatable bonds is 1. The summed E-state index contributed by atoms with van der Waals surface area (Å²) in [4.78, 5) is 13.5. The lowest BCUT2D eigenvalue weighted by Crippen LogP contribution is -2.37. The molecule has 2 saturated heterocycles. The minimum absolute atomic E-state index is 0.00407. The number of amides is 1. The van der Waals surface area contributed by atoms with Gasteiger partial charge in [0.1, 0.15) is 0 Å². The van der Waals surface area contributed by atoms with Gasteiger partial charge in [0, 0.05) is 19.7 Å². The van der Waals surface area contributed by atoms with E-state index in [1.807, 2.05) is 6.92 Å². The van der Waals surface area contributed by atoms with Gasteiger partial charge in [-0.05, 0) is 13.3 Å². The van der Waals surface area contributed by atoms with Crippen LogP contribution < -0.4 is 0 Å². The second-order valence-electron chi connectivity index (χ2n) is 4.35. The molecule has 2 N–H and O–H groups in total. The van der Waals surface area contributed by atoms with Crippen LogP contribution in [0.25, 0.3) is 0 Å². The van der Waals surface area contributed by atoms with Gasteiger partial charge in [-0.25, -0.2) is 0 Å². The standard InChI is InChI=1S/C10H17NO4/c1-6-7(2-3-15-6)10(14)11-4-8(12)9(13)5-11/h6-9,12-13H,2-5H2,1H3. The van der Waals surface area contributed by atoms with Crippen LogP contribution in [0.3, 0.4) is 0 Å². The summed E-state index contributed by atoms with van der Waals surface area (Å²) in [5.74, 6) is -0.113. The molecule has 0 saturated carbocycles. The predicted molar refractivity (Wildman–Crippen MR) is 52.1 cm³/mol. The zero-order valence-electron chi connectivity index (χ0n) is 8.80. The van der Waals surface area contributed by atoms with Crippen LogP contribution in [0.5, 0.6) is 0 Å². The average molecular weight is 215 g/mol. The van der Waals surface area contributed by atoms with Crippen molar-refractivity contribution in [1.82, 2.24) is 4.90 Å². The minimum atomic E-state index is -0.799. The lowest BCUT2D eigenvalue weighted by Gasteiger charge is -2.21. The van der Waals surface area contributed by atoms with Gasteiger partial charge < -0.3 is 19.8 Å². The molecule has 0 bridgehead atoms. The van der Waals surface area contributed by atoms with Gasteiger partial charge in [-0.15, -0.1) is 0 Å². The summed E-state index contributed by atoms with van der Waals surface area (Å²) in [6.07, 6.45) is -0.909. The van der Waals surface area contributed by atoms with Gasteiger partial charge in [0.25, 0.3) is 0 Å². The molecule has 0 aromatic rings. The van der Waals surface area contributed by atoms with E-state index in [9.17, 15) is 15.0 Å². The van der Waals surface area contributed by atoms with Gasteiger partial charge in [-0.3, -0.25) is 4.79 Å². The Morgan fingerprint density at radius 1 is 1.33 bits per heavy atom. The number of hydrogen-bond donors (Lipinski definition) is 2. The molecule has 86 valence electrons.